The summed E-state index contributed by atoms with van der Waals surface area (Å²) in [7, 11) is 0. The van der Waals surface area contributed by atoms with E-state index in [1.807, 2.05) is 60.8 Å². The highest BCUT2D eigenvalue weighted by Gasteiger charge is 2.38. The zero-order chi connectivity index (χ0) is 19.4. The summed E-state index contributed by atoms with van der Waals surface area (Å²) in [5.74, 6) is 0. The first-order valence-corrected chi connectivity index (χ1v) is 9.57. The second-order valence-corrected chi connectivity index (χ2v) is 7.15. The molecular weight excluding hydrogens is 364 g/mol. The summed E-state index contributed by atoms with van der Waals surface area (Å²) >= 11 is 3.91. The zero-order valence-electron chi connectivity index (χ0n) is 15.3. The van der Waals surface area contributed by atoms with E-state index in [1.165, 1.54) is 0 Å². The van der Waals surface area contributed by atoms with Crippen LogP contribution in [0.15, 0.2) is 104 Å². The molecule has 1 heterocycles. The van der Waals surface area contributed by atoms with Crippen molar-refractivity contribution in [1.29, 1.82) is 0 Å². The van der Waals surface area contributed by atoms with Crippen molar-refractivity contribution in [2.75, 3.05) is 0 Å². The fourth-order valence-corrected chi connectivity index (χ4v) is 3.94. The number of thiol groups is 1. The van der Waals surface area contributed by atoms with Crippen molar-refractivity contribution in [2.24, 2.45) is 0 Å². The smallest absolute Gasteiger partial charge is 0.191 e. The van der Waals surface area contributed by atoms with Crippen LogP contribution in [0.2, 0.25) is 0 Å². The molecule has 0 saturated heterocycles. The minimum atomic E-state index is -0.603. The van der Waals surface area contributed by atoms with E-state index in [2.05, 4.69) is 58.6 Å². The molecule has 0 saturated carbocycles. The van der Waals surface area contributed by atoms with Gasteiger partial charge in [0.1, 0.15) is 5.54 Å². The number of hydrogen-bond acceptors (Lipinski definition) is 2. The summed E-state index contributed by atoms with van der Waals surface area (Å²) in [6.07, 6.45) is 3.95. The first-order chi connectivity index (χ1) is 13.7. The van der Waals surface area contributed by atoms with Gasteiger partial charge in [-0.1, -0.05) is 91.0 Å². The summed E-state index contributed by atoms with van der Waals surface area (Å²) in [5, 5.41) is -0.199. The Labute approximate surface area is 170 Å². The predicted molar refractivity (Wildman–Crippen MR) is 115 cm³/mol. The van der Waals surface area contributed by atoms with Crippen LogP contribution in [0.1, 0.15) is 22.4 Å². The van der Waals surface area contributed by atoms with Gasteiger partial charge in [-0.3, -0.25) is 4.79 Å². The Balaban J connectivity index is 2.04. The average Bonchev–Trinajstić information content (AvgIpc) is 3.19. The van der Waals surface area contributed by atoms with Gasteiger partial charge < -0.3 is 4.57 Å². The maximum absolute atomic E-state index is 11.5. The standard InChI is InChI=1S/C24H20N2OS/c27-23(28)16-22-17-26(18-25-22)24(19-10-4-1-5-11-19,20-12-6-2-7-13-20)21-14-8-3-9-15-21/h1-15,17-18H,16H2,(H,27,28). The third-order valence-corrected chi connectivity index (χ3v) is 5.09. The Morgan fingerprint density at radius 2 is 1.21 bits per heavy atom. The highest BCUT2D eigenvalue weighted by atomic mass is 32.1. The van der Waals surface area contributed by atoms with Crippen LogP contribution in [0, 0.1) is 0 Å². The number of carbonyl (C=O) groups is 1. The van der Waals surface area contributed by atoms with Crippen LogP contribution in [0.5, 0.6) is 0 Å². The molecule has 0 aliphatic carbocycles. The van der Waals surface area contributed by atoms with Gasteiger partial charge in [0.05, 0.1) is 18.4 Å². The first-order valence-electron chi connectivity index (χ1n) is 9.13. The third kappa shape index (κ3) is 3.27. The van der Waals surface area contributed by atoms with Gasteiger partial charge in [-0.05, 0) is 16.7 Å². The Hall–Kier alpha value is -3.11. The second-order valence-electron chi connectivity index (χ2n) is 6.65. The van der Waals surface area contributed by atoms with Crippen molar-refractivity contribution in [2.45, 2.75) is 12.0 Å². The third-order valence-electron chi connectivity index (χ3n) is 4.93. The molecule has 4 heteroatoms. The monoisotopic (exact) mass is 384 g/mol. The Morgan fingerprint density at radius 1 is 0.786 bits per heavy atom. The van der Waals surface area contributed by atoms with Crippen molar-refractivity contribution in [3.8, 4) is 0 Å². The molecule has 0 unspecified atom stereocenters. The van der Waals surface area contributed by atoms with Crippen LogP contribution in [0.25, 0.3) is 0 Å². The lowest BCUT2D eigenvalue weighted by atomic mass is 9.77. The molecule has 0 radical (unpaired) electrons. The molecule has 28 heavy (non-hydrogen) atoms. The predicted octanol–water partition coefficient (Wildman–Crippen LogP) is 4.72. The summed E-state index contributed by atoms with van der Waals surface area (Å²) in [4.78, 5) is 16.0. The van der Waals surface area contributed by atoms with Crippen LogP contribution >= 0.6 is 12.6 Å². The molecule has 1 aromatic heterocycles. The van der Waals surface area contributed by atoms with Gasteiger partial charge in [0.25, 0.3) is 0 Å². The van der Waals surface area contributed by atoms with Crippen LogP contribution in [0.3, 0.4) is 0 Å². The number of rotatable bonds is 6. The molecule has 0 N–H and O–H groups in total. The fraction of sp³-hybridized carbons (Fsp3) is 0.0833. The van der Waals surface area contributed by atoms with E-state index >= 15 is 0 Å². The number of imidazole rings is 1. The van der Waals surface area contributed by atoms with Gasteiger partial charge in [0.15, 0.2) is 5.12 Å². The minimum absolute atomic E-state index is 0.199. The topological polar surface area (TPSA) is 34.9 Å². The summed E-state index contributed by atoms with van der Waals surface area (Å²) in [6, 6.07) is 31.1. The molecule has 0 aliphatic heterocycles. The molecular formula is C24H20N2OS. The number of carbonyl (C=O) groups excluding carboxylic acids is 1. The summed E-state index contributed by atoms with van der Waals surface area (Å²) < 4.78 is 2.10. The summed E-state index contributed by atoms with van der Waals surface area (Å²) in [6.45, 7) is 0. The van der Waals surface area contributed by atoms with Gasteiger partial charge in [0.2, 0.25) is 0 Å². The van der Waals surface area contributed by atoms with Crippen molar-refractivity contribution >= 4 is 17.7 Å². The molecule has 0 fully saturated rings. The second kappa shape index (κ2) is 7.87. The van der Waals surface area contributed by atoms with Gasteiger partial charge >= 0.3 is 0 Å². The Morgan fingerprint density at radius 3 is 1.61 bits per heavy atom. The van der Waals surface area contributed by atoms with Crippen molar-refractivity contribution in [1.82, 2.24) is 9.55 Å². The average molecular weight is 385 g/mol. The summed E-state index contributed by atoms with van der Waals surface area (Å²) in [5.41, 5.74) is 3.46. The highest BCUT2D eigenvalue weighted by Crippen LogP contribution is 2.40. The molecule has 0 bridgehead atoms. The van der Waals surface area contributed by atoms with Crippen LogP contribution in [-0.2, 0) is 16.8 Å². The van der Waals surface area contributed by atoms with Crippen LogP contribution in [-0.4, -0.2) is 14.7 Å². The molecule has 0 spiro atoms. The number of hydrogen-bond donors (Lipinski definition) is 1. The lowest BCUT2D eigenvalue weighted by molar-refractivity contribution is -0.110. The van der Waals surface area contributed by atoms with E-state index in [1.54, 1.807) is 6.33 Å². The van der Waals surface area contributed by atoms with E-state index in [0.29, 0.717) is 5.69 Å². The van der Waals surface area contributed by atoms with Gasteiger partial charge in [-0.2, -0.15) is 0 Å². The molecule has 138 valence electrons. The minimum Gasteiger partial charge on any atom is -0.319 e. The number of aromatic nitrogens is 2. The molecule has 4 aromatic rings. The lowest BCUT2D eigenvalue weighted by Gasteiger charge is -2.37. The van der Waals surface area contributed by atoms with E-state index in [9.17, 15) is 4.79 Å². The van der Waals surface area contributed by atoms with Gasteiger partial charge in [-0.25, -0.2) is 4.98 Å². The fourth-order valence-electron chi connectivity index (χ4n) is 3.78. The van der Waals surface area contributed by atoms with Crippen LogP contribution in [0.4, 0.5) is 0 Å². The largest absolute Gasteiger partial charge is 0.319 e. The number of nitrogens with zero attached hydrogens (tertiary/aromatic N) is 2. The maximum Gasteiger partial charge on any atom is 0.191 e. The lowest BCUT2D eigenvalue weighted by Crippen LogP contribution is -2.36. The molecule has 3 nitrogen and oxygen atoms in total. The van der Waals surface area contributed by atoms with E-state index in [0.717, 1.165) is 16.7 Å². The van der Waals surface area contributed by atoms with E-state index in [4.69, 9.17) is 0 Å². The van der Waals surface area contributed by atoms with E-state index in [-0.39, 0.29) is 11.5 Å². The first kappa shape index (κ1) is 18.3. The quantitative estimate of drug-likeness (QED) is 0.385. The van der Waals surface area contributed by atoms with Crippen molar-refractivity contribution in [3.05, 3.63) is 126 Å². The Bertz CT molecular complexity index is 963. The van der Waals surface area contributed by atoms with Gasteiger partial charge in [0, 0.05) is 6.20 Å². The molecule has 0 aliphatic rings. The molecule has 4 rings (SSSR count). The van der Waals surface area contributed by atoms with Crippen molar-refractivity contribution in [3.63, 3.8) is 0 Å². The van der Waals surface area contributed by atoms with Crippen molar-refractivity contribution < 1.29 is 4.79 Å². The molecule has 3 aromatic carbocycles. The molecule has 0 amide bonds. The maximum atomic E-state index is 11.5. The number of benzene rings is 3. The zero-order valence-corrected chi connectivity index (χ0v) is 16.2. The van der Waals surface area contributed by atoms with Gasteiger partial charge in [-0.15, -0.1) is 12.6 Å². The normalized spacial score (nSPS) is 11.3. The molecule has 0 atom stereocenters. The highest BCUT2D eigenvalue weighted by molar-refractivity contribution is 7.96. The van der Waals surface area contributed by atoms with E-state index < -0.39 is 5.54 Å². The Kier molecular flexibility index (Phi) is 5.13. The van der Waals surface area contributed by atoms with Crippen LogP contribution < -0.4 is 0 Å². The SMILES string of the molecule is O=C(S)Cc1cn(C(c2ccccc2)(c2ccccc2)c2ccccc2)cn1.